The maximum absolute atomic E-state index is 12.1. The first-order valence-electron chi connectivity index (χ1n) is 6.25. The number of nitrogens with one attached hydrogen (secondary N) is 1. The smallest absolute Gasteiger partial charge is 0.307 e. The van der Waals surface area contributed by atoms with Gasteiger partial charge in [0.25, 0.3) is 0 Å². The predicted octanol–water partition coefficient (Wildman–Crippen LogP) is 0.777. The maximum Gasteiger partial charge on any atom is 0.307 e. The predicted molar refractivity (Wildman–Crippen MR) is 68.4 cm³/mol. The van der Waals surface area contributed by atoms with Gasteiger partial charge in [0.1, 0.15) is 0 Å². The van der Waals surface area contributed by atoms with Gasteiger partial charge in [-0.1, -0.05) is 12.2 Å². The van der Waals surface area contributed by atoms with Crippen LogP contribution in [0.1, 0.15) is 19.8 Å². The molecule has 0 fully saturated rings. The van der Waals surface area contributed by atoms with Gasteiger partial charge in [-0.2, -0.15) is 0 Å². The molecule has 0 bridgehead atoms. The molecule has 6 heteroatoms. The number of ether oxygens (including phenoxy) is 2. The minimum absolute atomic E-state index is 0.275. The molecule has 1 aliphatic rings. The lowest BCUT2D eigenvalue weighted by Crippen LogP contribution is -2.47. The molecule has 6 nitrogen and oxygen atoms in total. The first-order chi connectivity index (χ1) is 9.01. The average molecular weight is 271 g/mol. The van der Waals surface area contributed by atoms with Crippen LogP contribution in [-0.4, -0.2) is 43.5 Å². The van der Waals surface area contributed by atoms with E-state index >= 15 is 0 Å². The third kappa shape index (κ3) is 4.04. The van der Waals surface area contributed by atoms with E-state index in [9.17, 15) is 9.59 Å². The molecule has 1 aliphatic carbocycles. The van der Waals surface area contributed by atoms with Crippen LogP contribution >= 0.6 is 0 Å². The van der Waals surface area contributed by atoms with Crippen LogP contribution in [0.2, 0.25) is 0 Å². The van der Waals surface area contributed by atoms with Gasteiger partial charge in [-0.25, -0.2) is 0 Å². The van der Waals surface area contributed by atoms with Crippen LogP contribution < -0.4 is 5.32 Å². The summed E-state index contributed by atoms with van der Waals surface area (Å²) in [5.74, 6) is -2.42. The molecule has 3 atom stereocenters. The lowest BCUT2D eigenvalue weighted by molar-refractivity contribution is -0.149. The Balaban J connectivity index is 2.65. The highest BCUT2D eigenvalue weighted by atomic mass is 16.7. The molecule has 0 aromatic carbocycles. The monoisotopic (exact) mass is 271 g/mol. The summed E-state index contributed by atoms with van der Waals surface area (Å²) in [6.45, 7) is 1.75. The molecule has 0 aromatic heterocycles. The Morgan fingerprint density at radius 3 is 2.21 bits per heavy atom. The summed E-state index contributed by atoms with van der Waals surface area (Å²) >= 11 is 0. The normalized spacial score (nSPS) is 24.2. The fourth-order valence-electron chi connectivity index (χ4n) is 2.28. The SMILES string of the molecule is COC(OC)C(C)NC(=O)C1CC=CCC1C(=O)O. The third-order valence-corrected chi connectivity index (χ3v) is 3.33. The largest absolute Gasteiger partial charge is 0.481 e. The molecule has 0 spiro atoms. The summed E-state index contributed by atoms with van der Waals surface area (Å²) < 4.78 is 10.1. The number of carboxylic acid groups (broad SMARTS) is 1. The van der Waals surface area contributed by atoms with Crippen molar-refractivity contribution < 1.29 is 24.2 Å². The van der Waals surface area contributed by atoms with E-state index < -0.39 is 24.1 Å². The number of carbonyl (C=O) groups excluding carboxylic acids is 1. The van der Waals surface area contributed by atoms with Crippen LogP contribution in [0.3, 0.4) is 0 Å². The zero-order chi connectivity index (χ0) is 14.4. The Kier molecular flexibility index (Phi) is 5.98. The van der Waals surface area contributed by atoms with Gasteiger partial charge in [-0.15, -0.1) is 0 Å². The average Bonchev–Trinajstić information content (AvgIpc) is 2.40. The molecule has 0 radical (unpaired) electrons. The molecule has 0 aliphatic heterocycles. The van der Waals surface area contributed by atoms with Gasteiger partial charge in [-0.3, -0.25) is 9.59 Å². The lowest BCUT2D eigenvalue weighted by atomic mass is 9.82. The minimum atomic E-state index is -0.938. The number of carbonyl (C=O) groups is 2. The molecule has 0 heterocycles. The number of allylic oxidation sites excluding steroid dienone is 2. The van der Waals surface area contributed by atoms with E-state index in [1.54, 1.807) is 13.0 Å². The van der Waals surface area contributed by atoms with Crippen LogP contribution in [0.15, 0.2) is 12.2 Å². The highest BCUT2D eigenvalue weighted by Gasteiger charge is 2.35. The molecule has 0 saturated heterocycles. The number of rotatable bonds is 6. The van der Waals surface area contributed by atoms with Crippen LogP contribution in [0, 0.1) is 11.8 Å². The quantitative estimate of drug-likeness (QED) is 0.551. The molecular formula is C13H21NO5. The summed E-state index contributed by atoms with van der Waals surface area (Å²) in [5, 5.41) is 11.9. The highest BCUT2D eigenvalue weighted by molar-refractivity contribution is 5.85. The van der Waals surface area contributed by atoms with Crippen molar-refractivity contribution in [1.29, 1.82) is 0 Å². The van der Waals surface area contributed by atoms with Crippen molar-refractivity contribution in [3.8, 4) is 0 Å². The molecular weight excluding hydrogens is 250 g/mol. The van der Waals surface area contributed by atoms with Gasteiger partial charge in [-0.05, 0) is 19.8 Å². The number of carboxylic acids is 1. The Morgan fingerprint density at radius 2 is 1.74 bits per heavy atom. The van der Waals surface area contributed by atoms with Gasteiger partial charge < -0.3 is 19.9 Å². The Labute approximate surface area is 112 Å². The third-order valence-electron chi connectivity index (χ3n) is 3.33. The first kappa shape index (κ1) is 15.7. The molecule has 108 valence electrons. The van der Waals surface area contributed by atoms with Gasteiger partial charge in [0, 0.05) is 14.2 Å². The van der Waals surface area contributed by atoms with E-state index in [0.29, 0.717) is 12.8 Å². The van der Waals surface area contributed by atoms with Crippen molar-refractivity contribution in [1.82, 2.24) is 5.32 Å². The number of methoxy groups -OCH3 is 2. The van der Waals surface area contributed by atoms with Crippen molar-refractivity contribution in [2.75, 3.05) is 14.2 Å². The molecule has 2 N–H and O–H groups in total. The van der Waals surface area contributed by atoms with E-state index in [4.69, 9.17) is 14.6 Å². The van der Waals surface area contributed by atoms with E-state index in [-0.39, 0.29) is 11.9 Å². The second-order valence-corrected chi connectivity index (χ2v) is 4.63. The Morgan fingerprint density at radius 1 is 1.21 bits per heavy atom. The molecule has 1 amide bonds. The van der Waals surface area contributed by atoms with Gasteiger partial charge in [0.15, 0.2) is 6.29 Å². The van der Waals surface area contributed by atoms with Gasteiger partial charge in [0.05, 0.1) is 17.9 Å². The molecule has 19 heavy (non-hydrogen) atoms. The molecule has 0 aromatic rings. The van der Waals surface area contributed by atoms with Crippen LogP contribution in [0.5, 0.6) is 0 Å². The van der Waals surface area contributed by atoms with Crippen molar-refractivity contribution in [3.05, 3.63) is 12.2 Å². The molecule has 0 saturated carbocycles. The molecule has 3 unspecified atom stereocenters. The second kappa shape index (κ2) is 7.25. The van der Waals surface area contributed by atoms with E-state index in [1.165, 1.54) is 14.2 Å². The highest BCUT2D eigenvalue weighted by Crippen LogP contribution is 2.26. The zero-order valence-corrected chi connectivity index (χ0v) is 11.5. The number of amides is 1. The van der Waals surface area contributed by atoms with Crippen molar-refractivity contribution in [3.63, 3.8) is 0 Å². The van der Waals surface area contributed by atoms with Crippen LogP contribution in [0.25, 0.3) is 0 Å². The summed E-state index contributed by atoms with van der Waals surface area (Å²) in [5.41, 5.74) is 0. The summed E-state index contributed by atoms with van der Waals surface area (Å²) in [4.78, 5) is 23.3. The fraction of sp³-hybridized carbons (Fsp3) is 0.692. The van der Waals surface area contributed by atoms with Crippen LogP contribution in [-0.2, 0) is 19.1 Å². The number of hydrogen-bond acceptors (Lipinski definition) is 4. The van der Waals surface area contributed by atoms with E-state index in [1.807, 2.05) is 6.08 Å². The number of hydrogen-bond donors (Lipinski definition) is 2. The van der Waals surface area contributed by atoms with Crippen molar-refractivity contribution >= 4 is 11.9 Å². The van der Waals surface area contributed by atoms with Gasteiger partial charge >= 0.3 is 5.97 Å². The lowest BCUT2D eigenvalue weighted by Gasteiger charge is -2.28. The molecule has 1 rings (SSSR count). The summed E-state index contributed by atoms with van der Waals surface area (Å²) in [7, 11) is 2.97. The Hall–Kier alpha value is -1.40. The zero-order valence-electron chi connectivity index (χ0n) is 11.5. The fourth-order valence-corrected chi connectivity index (χ4v) is 2.28. The number of aliphatic carboxylic acids is 1. The summed E-state index contributed by atoms with van der Waals surface area (Å²) in [6.07, 6.45) is 3.93. The second-order valence-electron chi connectivity index (χ2n) is 4.63. The van der Waals surface area contributed by atoms with E-state index in [2.05, 4.69) is 5.32 Å². The van der Waals surface area contributed by atoms with E-state index in [0.717, 1.165) is 0 Å². The minimum Gasteiger partial charge on any atom is -0.481 e. The Bertz CT molecular complexity index is 351. The standard InChI is InChI=1S/C13H21NO5/c1-8(13(18-2)19-3)14-11(15)9-6-4-5-7-10(9)12(16)17/h4-5,8-10,13H,6-7H2,1-3H3,(H,14,15)(H,16,17). The van der Waals surface area contributed by atoms with Crippen molar-refractivity contribution in [2.24, 2.45) is 11.8 Å². The van der Waals surface area contributed by atoms with Crippen LogP contribution in [0.4, 0.5) is 0 Å². The summed E-state index contributed by atoms with van der Waals surface area (Å²) in [6, 6.07) is -0.345. The van der Waals surface area contributed by atoms with Crippen molar-refractivity contribution in [2.45, 2.75) is 32.1 Å². The van der Waals surface area contributed by atoms with Gasteiger partial charge in [0.2, 0.25) is 5.91 Å². The maximum atomic E-state index is 12.1. The topological polar surface area (TPSA) is 84.9 Å². The first-order valence-corrected chi connectivity index (χ1v) is 6.25.